The van der Waals surface area contributed by atoms with Crippen molar-refractivity contribution in [3.8, 4) is 0 Å². The quantitative estimate of drug-likeness (QED) is 0.555. The lowest BCUT2D eigenvalue weighted by atomic mass is 10.1. The van der Waals surface area contributed by atoms with Gasteiger partial charge in [0.15, 0.2) is 0 Å². The smallest absolute Gasteiger partial charge is 0.325 e. The molecular formula is C19H20ClN3O2S. The van der Waals surface area contributed by atoms with E-state index in [9.17, 15) is 9.59 Å². The molecule has 1 aliphatic rings. The highest BCUT2D eigenvalue weighted by molar-refractivity contribution is 7.16. The van der Waals surface area contributed by atoms with Crippen LogP contribution in [-0.2, 0) is 17.8 Å². The number of nitrogens with one attached hydrogen (secondary N) is 1. The van der Waals surface area contributed by atoms with Gasteiger partial charge >= 0.3 is 6.03 Å². The number of imide groups is 1. The van der Waals surface area contributed by atoms with E-state index in [2.05, 4.69) is 11.9 Å². The summed E-state index contributed by atoms with van der Waals surface area (Å²) in [6.07, 6.45) is 2.25. The van der Waals surface area contributed by atoms with Crippen molar-refractivity contribution < 1.29 is 9.59 Å². The van der Waals surface area contributed by atoms with Crippen LogP contribution in [0.5, 0.6) is 0 Å². The number of rotatable bonds is 8. The molecule has 0 saturated carbocycles. The van der Waals surface area contributed by atoms with Crippen LogP contribution in [0.2, 0.25) is 4.34 Å². The molecule has 1 aliphatic heterocycles. The minimum atomic E-state index is -0.522. The summed E-state index contributed by atoms with van der Waals surface area (Å²) in [5.74, 6) is -0.197. The first kappa shape index (κ1) is 18.6. The summed E-state index contributed by atoms with van der Waals surface area (Å²) < 4.78 is 0.719. The maximum absolute atomic E-state index is 12.7. The lowest BCUT2D eigenvalue weighted by Crippen LogP contribution is -2.41. The monoisotopic (exact) mass is 389 g/mol. The summed E-state index contributed by atoms with van der Waals surface area (Å²) in [5.41, 5.74) is 1.02. The van der Waals surface area contributed by atoms with Crippen molar-refractivity contribution in [3.63, 3.8) is 0 Å². The largest absolute Gasteiger partial charge is 0.325 e. The van der Waals surface area contributed by atoms with Crippen molar-refractivity contribution in [2.75, 3.05) is 13.2 Å². The van der Waals surface area contributed by atoms with Crippen molar-refractivity contribution >= 4 is 34.9 Å². The van der Waals surface area contributed by atoms with Gasteiger partial charge in [-0.1, -0.05) is 48.0 Å². The Labute approximate surface area is 161 Å². The van der Waals surface area contributed by atoms with E-state index < -0.39 is 6.04 Å². The number of hydrogen-bond donors (Lipinski definition) is 1. The Bertz CT molecular complexity index is 793. The zero-order chi connectivity index (χ0) is 18.5. The van der Waals surface area contributed by atoms with Crippen LogP contribution >= 0.6 is 22.9 Å². The molecule has 1 atom stereocenters. The molecular weight excluding hydrogens is 370 g/mol. The summed E-state index contributed by atoms with van der Waals surface area (Å²) in [7, 11) is 0. The molecule has 7 heteroatoms. The van der Waals surface area contributed by atoms with Crippen molar-refractivity contribution in [2.24, 2.45) is 0 Å². The molecule has 1 unspecified atom stereocenters. The van der Waals surface area contributed by atoms with Gasteiger partial charge in [0.05, 0.1) is 11.0 Å². The molecule has 0 aliphatic carbocycles. The van der Waals surface area contributed by atoms with Crippen LogP contribution in [0.1, 0.15) is 10.4 Å². The first-order chi connectivity index (χ1) is 12.6. The van der Waals surface area contributed by atoms with E-state index in [1.165, 1.54) is 16.2 Å². The molecule has 1 aromatic heterocycles. The fraction of sp³-hybridized carbons (Fsp3) is 0.263. The minimum absolute atomic E-state index is 0.197. The van der Waals surface area contributed by atoms with Crippen LogP contribution in [0.4, 0.5) is 4.79 Å². The second kappa shape index (κ2) is 8.49. The van der Waals surface area contributed by atoms with E-state index in [4.69, 9.17) is 11.6 Å². The van der Waals surface area contributed by atoms with Crippen LogP contribution in [0, 0.1) is 0 Å². The minimum Gasteiger partial charge on any atom is -0.325 e. The molecule has 3 amide bonds. The van der Waals surface area contributed by atoms with E-state index in [0.717, 1.165) is 14.8 Å². The zero-order valence-electron chi connectivity index (χ0n) is 14.2. The number of nitrogens with zero attached hydrogens (tertiary/aromatic N) is 2. The number of urea groups is 1. The van der Waals surface area contributed by atoms with Crippen molar-refractivity contribution in [1.82, 2.24) is 15.1 Å². The van der Waals surface area contributed by atoms with Gasteiger partial charge in [-0.2, -0.15) is 0 Å². The average molecular weight is 390 g/mol. The first-order valence-electron chi connectivity index (χ1n) is 8.30. The third-order valence-electron chi connectivity index (χ3n) is 4.13. The molecule has 1 aromatic carbocycles. The van der Waals surface area contributed by atoms with Crippen LogP contribution < -0.4 is 5.32 Å². The maximum atomic E-state index is 12.7. The van der Waals surface area contributed by atoms with E-state index in [0.29, 0.717) is 19.5 Å². The van der Waals surface area contributed by atoms with Gasteiger partial charge in [-0.25, -0.2) is 9.69 Å². The second-order valence-electron chi connectivity index (χ2n) is 6.11. The highest BCUT2D eigenvalue weighted by Gasteiger charge is 2.38. The van der Waals surface area contributed by atoms with Gasteiger partial charge < -0.3 is 5.32 Å². The van der Waals surface area contributed by atoms with Gasteiger partial charge in [-0.3, -0.25) is 9.69 Å². The van der Waals surface area contributed by atoms with Crippen LogP contribution in [-0.4, -0.2) is 41.0 Å². The van der Waals surface area contributed by atoms with E-state index in [1.54, 1.807) is 6.08 Å². The number of halogens is 1. The standard InChI is InChI=1S/C19H20ClN3O2S/c1-2-10-22(12-15-8-9-17(20)26-15)13-23-18(24)16(21-19(23)25)11-14-6-4-3-5-7-14/h2-9,16H,1,10-13H2,(H,21,25). The Morgan fingerprint density at radius 2 is 2.00 bits per heavy atom. The number of amides is 3. The van der Waals surface area contributed by atoms with Gasteiger partial charge in [0.1, 0.15) is 6.04 Å². The third-order valence-corrected chi connectivity index (χ3v) is 5.34. The molecule has 1 fully saturated rings. The lowest BCUT2D eigenvalue weighted by molar-refractivity contribution is -0.128. The molecule has 5 nitrogen and oxygen atoms in total. The summed E-state index contributed by atoms with van der Waals surface area (Å²) in [6.45, 7) is 5.15. The predicted molar refractivity (Wildman–Crippen MR) is 104 cm³/mol. The average Bonchev–Trinajstić information content (AvgIpc) is 3.14. The molecule has 0 spiro atoms. The van der Waals surface area contributed by atoms with Crippen LogP contribution in [0.25, 0.3) is 0 Å². The molecule has 0 bridgehead atoms. The van der Waals surface area contributed by atoms with Gasteiger partial charge in [0.2, 0.25) is 0 Å². The summed E-state index contributed by atoms with van der Waals surface area (Å²) in [5, 5.41) is 2.78. The fourth-order valence-electron chi connectivity index (χ4n) is 2.91. The van der Waals surface area contributed by atoms with Crippen molar-refractivity contribution in [2.45, 2.75) is 19.0 Å². The summed E-state index contributed by atoms with van der Waals surface area (Å²) in [6, 6.07) is 12.6. The Kier molecular flexibility index (Phi) is 6.08. The Hall–Kier alpha value is -2.15. The third kappa shape index (κ3) is 4.52. The number of carbonyl (C=O) groups excluding carboxylic acids is 2. The van der Waals surface area contributed by atoms with E-state index in [1.807, 2.05) is 47.4 Å². The van der Waals surface area contributed by atoms with E-state index in [-0.39, 0.29) is 18.6 Å². The Morgan fingerprint density at radius 1 is 1.23 bits per heavy atom. The first-order valence-corrected chi connectivity index (χ1v) is 9.49. The number of benzene rings is 1. The summed E-state index contributed by atoms with van der Waals surface area (Å²) in [4.78, 5) is 29.3. The topological polar surface area (TPSA) is 52.6 Å². The van der Waals surface area contributed by atoms with Gasteiger partial charge in [-0.05, 0) is 17.7 Å². The zero-order valence-corrected chi connectivity index (χ0v) is 15.8. The molecule has 26 heavy (non-hydrogen) atoms. The second-order valence-corrected chi connectivity index (χ2v) is 7.91. The predicted octanol–water partition coefficient (Wildman–Crippen LogP) is 3.51. The SMILES string of the molecule is C=CCN(Cc1ccc(Cl)s1)CN1C(=O)NC(Cc2ccccc2)C1=O. The highest BCUT2D eigenvalue weighted by atomic mass is 35.5. The fourth-order valence-corrected chi connectivity index (χ4v) is 4.04. The van der Waals surface area contributed by atoms with Gasteiger partial charge in [-0.15, -0.1) is 17.9 Å². The molecule has 2 heterocycles. The van der Waals surface area contributed by atoms with E-state index >= 15 is 0 Å². The highest BCUT2D eigenvalue weighted by Crippen LogP contribution is 2.23. The van der Waals surface area contributed by atoms with Crippen LogP contribution in [0.15, 0.2) is 55.1 Å². The molecule has 136 valence electrons. The van der Waals surface area contributed by atoms with Gasteiger partial charge in [0.25, 0.3) is 5.91 Å². The van der Waals surface area contributed by atoms with Crippen molar-refractivity contribution in [3.05, 3.63) is 69.9 Å². The number of thiophene rings is 1. The molecule has 1 saturated heterocycles. The molecule has 3 rings (SSSR count). The molecule has 1 N–H and O–H groups in total. The number of hydrogen-bond acceptors (Lipinski definition) is 4. The lowest BCUT2D eigenvalue weighted by Gasteiger charge is -2.24. The molecule has 0 radical (unpaired) electrons. The molecule has 2 aromatic rings. The number of carbonyl (C=O) groups is 2. The summed E-state index contributed by atoms with van der Waals surface area (Å²) >= 11 is 7.47. The van der Waals surface area contributed by atoms with Crippen LogP contribution in [0.3, 0.4) is 0 Å². The Morgan fingerprint density at radius 3 is 2.65 bits per heavy atom. The van der Waals surface area contributed by atoms with Gasteiger partial charge in [0, 0.05) is 24.4 Å². The van der Waals surface area contributed by atoms with Crippen molar-refractivity contribution in [1.29, 1.82) is 0 Å². The maximum Gasteiger partial charge on any atom is 0.325 e. The Balaban J connectivity index is 1.65. The normalized spacial score (nSPS) is 17.0.